The highest BCUT2D eigenvalue weighted by atomic mass is 32.2. The van der Waals surface area contributed by atoms with Crippen molar-refractivity contribution in [2.24, 2.45) is 0 Å². The number of fused-ring (bicyclic) bond motifs is 4. The van der Waals surface area contributed by atoms with Crippen LogP contribution < -0.4 is 10.4 Å². The molecule has 0 saturated carbocycles. The molecule has 2 aliphatic rings. The third-order valence-electron chi connectivity index (χ3n) is 7.33. The molecule has 8 rings (SSSR count). The van der Waals surface area contributed by atoms with Crippen LogP contribution in [-0.4, -0.2) is 0 Å². The fourth-order valence-electron chi connectivity index (χ4n) is 5.88. The minimum atomic E-state index is 1.31. The van der Waals surface area contributed by atoms with Crippen molar-refractivity contribution < 1.29 is 0 Å². The molecule has 0 atom stereocenters. The van der Waals surface area contributed by atoms with Crippen molar-refractivity contribution in [1.29, 1.82) is 0 Å². The molecular weight excluding hydrogens is 537 g/mol. The molecule has 0 aliphatic carbocycles. The van der Waals surface area contributed by atoms with Crippen molar-refractivity contribution in [3.8, 4) is 0 Å². The predicted molar refractivity (Wildman–Crippen MR) is 175 cm³/mol. The Morgan fingerprint density at radius 1 is 0.263 bits per heavy atom. The second-order valence-corrected chi connectivity index (χ2v) is 13.5. The van der Waals surface area contributed by atoms with Crippen molar-refractivity contribution in [2.45, 2.75) is 0 Å². The van der Waals surface area contributed by atoms with E-state index in [1.165, 1.54) is 72.4 Å². The third-order valence-corrected chi connectivity index (χ3v) is 11.6. The molecule has 6 aromatic rings. The first-order valence-corrected chi connectivity index (χ1v) is 16.0. The van der Waals surface area contributed by atoms with Gasteiger partial charge in [0, 0.05) is 10.4 Å². The van der Waals surface area contributed by atoms with Crippen molar-refractivity contribution in [1.82, 2.24) is 0 Å². The van der Waals surface area contributed by atoms with Crippen LogP contribution in [0.4, 0.5) is 0 Å². The Morgan fingerprint density at radius 3 is 0.711 bits per heavy atom. The quantitative estimate of drug-likeness (QED) is 0.171. The molecule has 180 valence electrons. The highest BCUT2D eigenvalue weighted by Crippen LogP contribution is 2.41. The second kappa shape index (κ2) is 9.32. The number of benzene rings is 6. The maximum Gasteiger partial charge on any atom is 0.0571 e. The molecule has 2 heterocycles. The van der Waals surface area contributed by atoms with E-state index >= 15 is 0 Å². The van der Waals surface area contributed by atoms with E-state index in [0.717, 1.165) is 0 Å². The van der Waals surface area contributed by atoms with Gasteiger partial charge in [-0.15, -0.1) is 0 Å². The zero-order valence-corrected chi connectivity index (χ0v) is 23.4. The highest BCUT2D eigenvalue weighted by Gasteiger charge is 2.16. The van der Waals surface area contributed by atoms with Crippen LogP contribution in [0.3, 0.4) is 0 Å². The summed E-state index contributed by atoms with van der Waals surface area (Å²) in [4.78, 5) is 0. The number of thioether (sulfide) groups is 4. The average molecular weight is 557 g/mol. The molecule has 0 nitrogen and oxygen atoms in total. The molecule has 6 aromatic carbocycles. The molecule has 0 aromatic heterocycles. The summed E-state index contributed by atoms with van der Waals surface area (Å²) in [7, 11) is 0. The van der Waals surface area contributed by atoms with E-state index < -0.39 is 0 Å². The molecule has 0 spiro atoms. The summed E-state index contributed by atoms with van der Waals surface area (Å²) in [5.74, 6) is 0. The van der Waals surface area contributed by atoms with Gasteiger partial charge in [-0.25, -0.2) is 0 Å². The summed E-state index contributed by atoms with van der Waals surface area (Å²) in [6.07, 6.45) is 0. The van der Waals surface area contributed by atoms with Crippen LogP contribution in [-0.2, 0) is 0 Å². The topological polar surface area (TPSA) is 0 Å². The lowest BCUT2D eigenvalue weighted by Crippen LogP contribution is -2.09. The lowest BCUT2D eigenvalue weighted by atomic mass is 9.92. The standard InChI is InChI=1S/C34H20S4/c1-5-13-25-21(9-1)29(22-10-2-6-14-26(22)31(25)33-35-17-18-36-33)30-23-11-3-7-15-27(23)32(34-37-19-20-38-34)28-16-8-4-12-24(28)30/h1-20H. The zero-order chi connectivity index (χ0) is 25.1. The van der Waals surface area contributed by atoms with E-state index in [-0.39, 0.29) is 0 Å². The molecular formula is C34H20S4. The summed E-state index contributed by atoms with van der Waals surface area (Å²) < 4.78 is 2.71. The third kappa shape index (κ3) is 3.44. The number of hydrogen-bond acceptors (Lipinski definition) is 4. The van der Waals surface area contributed by atoms with Gasteiger partial charge in [0.15, 0.2) is 0 Å². The van der Waals surface area contributed by atoms with Gasteiger partial charge in [0.25, 0.3) is 0 Å². The Labute approximate surface area is 236 Å². The first-order chi connectivity index (χ1) is 18.9. The number of hydrogen-bond donors (Lipinski definition) is 0. The maximum absolute atomic E-state index is 2.32. The zero-order valence-electron chi connectivity index (χ0n) is 20.2. The van der Waals surface area contributed by atoms with Gasteiger partial charge in [0.2, 0.25) is 0 Å². The maximum atomic E-state index is 2.32. The van der Waals surface area contributed by atoms with E-state index in [1.807, 2.05) is 47.0 Å². The molecule has 4 heteroatoms. The SMILES string of the molecule is C1=CSC(=c2c3ccccc3c(=c3c4ccccc4c(=C4SC=CS4)c4ccccc34)c3ccccc23)S1. The minimum absolute atomic E-state index is 1.31. The molecule has 2 aliphatic heterocycles. The lowest BCUT2D eigenvalue weighted by Gasteiger charge is -2.13. The summed E-state index contributed by atoms with van der Waals surface area (Å²) in [6.45, 7) is 0. The lowest BCUT2D eigenvalue weighted by molar-refractivity contribution is 1.62. The van der Waals surface area contributed by atoms with Gasteiger partial charge in [0.05, 0.1) is 8.47 Å². The van der Waals surface area contributed by atoms with Crippen LogP contribution in [0.2, 0.25) is 0 Å². The summed E-state index contributed by atoms with van der Waals surface area (Å²) >= 11 is 7.33. The van der Waals surface area contributed by atoms with E-state index in [1.54, 1.807) is 0 Å². The first kappa shape index (κ1) is 22.9. The van der Waals surface area contributed by atoms with Gasteiger partial charge in [-0.3, -0.25) is 0 Å². The van der Waals surface area contributed by atoms with Crippen LogP contribution in [0, 0.1) is 10.4 Å². The van der Waals surface area contributed by atoms with Crippen LogP contribution in [0.15, 0.2) is 119 Å². The van der Waals surface area contributed by atoms with Crippen molar-refractivity contribution in [2.75, 3.05) is 0 Å². The molecule has 0 amide bonds. The van der Waals surface area contributed by atoms with Crippen molar-refractivity contribution in [3.05, 3.63) is 140 Å². The fraction of sp³-hybridized carbons (Fsp3) is 0. The molecule has 0 radical (unpaired) electrons. The van der Waals surface area contributed by atoms with Crippen LogP contribution in [0.5, 0.6) is 0 Å². The molecule has 0 fully saturated rings. The van der Waals surface area contributed by atoms with Gasteiger partial charge in [0.1, 0.15) is 0 Å². The second-order valence-electron chi connectivity index (χ2n) is 9.27. The van der Waals surface area contributed by atoms with E-state index in [9.17, 15) is 0 Å². The van der Waals surface area contributed by atoms with Crippen molar-refractivity contribution >= 4 is 98.6 Å². The van der Waals surface area contributed by atoms with Crippen LogP contribution in [0.25, 0.3) is 51.6 Å². The molecule has 0 unspecified atom stereocenters. The minimum Gasteiger partial charge on any atom is -0.0895 e. The van der Waals surface area contributed by atoms with Gasteiger partial charge in [-0.2, -0.15) is 0 Å². The van der Waals surface area contributed by atoms with E-state index in [4.69, 9.17) is 0 Å². The van der Waals surface area contributed by atoms with Gasteiger partial charge < -0.3 is 0 Å². The fourth-order valence-corrected chi connectivity index (χ4v) is 9.73. The highest BCUT2D eigenvalue weighted by molar-refractivity contribution is 8.35. The molecule has 0 saturated heterocycles. The molecule has 0 bridgehead atoms. The van der Waals surface area contributed by atoms with Gasteiger partial charge in [-0.05, 0) is 75.2 Å². The largest absolute Gasteiger partial charge is 0.0895 e. The van der Waals surface area contributed by atoms with Crippen LogP contribution >= 0.6 is 47.0 Å². The normalized spacial score (nSPS) is 15.2. The first-order valence-electron chi connectivity index (χ1n) is 12.5. The average Bonchev–Trinajstić information content (AvgIpc) is 3.70. The van der Waals surface area contributed by atoms with Crippen molar-refractivity contribution in [3.63, 3.8) is 0 Å². The van der Waals surface area contributed by atoms with E-state index in [2.05, 4.69) is 119 Å². The molecule has 0 N–H and O–H groups in total. The number of rotatable bonds is 0. The summed E-state index contributed by atoms with van der Waals surface area (Å²) in [6, 6.07) is 36.0. The monoisotopic (exact) mass is 556 g/mol. The molecule has 38 heavy (non-hydrogen) atoms. The summed E-state index contributed by atoms with van der Waals surface area (Å²) in [5, 5.41) is 24.7. The van der Waals surface area contributed by atoms with Gasteiger partial charge in [-0.1, -0.05) is 144 Å². The Morgan fingerprint density at radius 2 is 0.474 bits per heavy atom. The Balaban J connectivity index is 1.79. The Bertz CT molecular complexity index is 1940. The Hall–Kier alpha value is -3.02. The van der Waals surface area contributed by atoms with E-state index in [0.29, 0.717) is 0 Å². The predicted octanol–water partition coefficient (Wildman–Crippen LogP) is 9.62. The van der Waals surface area contributed by atoms with Gasteiger partial charge >= 0.3 is 0 Å². The van der Waals surface area contributed by atoms with Crippen LogP contribution in [0.1, 0.15) is 0 Å². The smallest absolute Gasteiger partial charge is 0.0571 e. The summed E-state index contributed by atoms with van der Waals surface area (Å²) in [5.41, 5.74) is 0. The Kier molecular flexibility index (Phi) is 5.62.